The fourth-order valence-electron chi connectivity index (χ4n) is 2.83. The first-order chi connectivity index (χ1) is 9.92. The monoisotopic (exact) mass is 274 g/mol. The number of benzene rings is 1. The molecule has 2 aliphatic rings. The van der Waals surface area contributed by atoms with Gasteiger partial charge in [-0.1, -0.05) is 30.3 Å². The lowest BCUT2D eigenvalue weighted by Gasteiger charge is -2.21. The van der Waals surface area contributed by atoms with Crippen molar-refractivity contribution in [3.63, 3.8) is 0 Å². The Balaban J connectivity index is 1.48. The van der Waals surface area contributed by atoms with Gasteiger partial charge in [-0.3, -0.25) is 0 Å². The zero-order chi connectivity index (χ0) is 13.6. The van der Waals surface area contributed by atoms with Crippen LogP contribution in [0.15, 0.2) is 30.3 Å². The zero-order valence-electron chi connectivity index (χ0n) is 12.3. The van der Waals surface area contributed by atoms with Gasteiger partial charge in [0, 0.05) is 19.1 Å². The summed E-state index contributed by atoms with van der Waals surface area (Å²) in [6.07, 6.45) is 5.56. The lowest BCUT2D eigenvalue weighted by molar-refractivity contribution is 0.0399. The van der Waals surface area contributed by atoms with Gasteiger partial charge in [0.25, 0.3) is 0 Å². The maximum Gasteiger partial charge on any atom is 0.0949 e. The summed E-state index contributed by atoms with van der Waals surface area (Å²) in [4.78, 5) is 2.51. The maximum absolute atomic E-state index is 6.16. The van der Waals surface area contributed by atoms with Gasteiger partial charge in [0.15, 0.2) is 0 Å². The minimum Gasteiger partial charge on any atom is -0.371 e. The highest BCUT2D eigenvalue weighted by Crippen LogP contribution is 2.22. The first-order valence-electron chi connectivity index (χ1n) is 8.04. The van der Waals surface area contributed by atoms with Gasteiger partial charge in [-0.25, -0.2) is 0 Å². The van der Waals surface area contributed by atoms with E-state index in [0.717, 1.165) is 25.7 Å². The van der Waals surface area contributed by atoms with Crippen molar-refractivity contribution >= 4 is 0 Å². The van der Waals surface area contributed by atoms with Crippen LogP contribution < -0.4 is 5.32 Å². The summed E-state index contributed by atoms with van der Waals surface area (Å²) in [6.45, 7) is 5.35. The summed E-state index contributed by atoms with van der Waals surface area (Å²) in [5, 5.41) is 3.60. The molecule has 1 heterocycles. The summed E-state index contributed by atoms with van der Waals surface area (Å²) in [5.74, 6) is 0. The summed E-state index contributed by atoms with van der Waals surface area (Å²) in [5.41, 5.74) is 1.29. The van der Waals surface area contributed by atoms with Crippen LogP contribution in [0.25, 0.3) is 0 Å². The van der Waals surface area contributed by atoms with Crippen LogP contribution in [0.3, 0.4) is 0 Å². The van der Waals surface area contributed by atoms with E-state index in [1.807, 2.05) is 0 Å². The second kappa shape index (κ2) is 7.21. The molecule has 1 N–H and O–H groups in total. The Morgan fingerprint density at radius 3 is 2.60 bits per heavy atom. The number of nitrogens with zero attached hydrogens (tertiary/aromatic N) is 1. The molecule has 1 saturated carbocycles. The van der Waals surface area contributed by atoms with Gasteiger partial charge in [-0.15, -0.1) is 0 Å². The standard InChI is InChI=1S/C17H26N2O/c1-2-6-15(7-3-1)17(14-18-16-8-9-16)20-13-12-19-10-4-5-11-19/h1-3,6-7,16-18H,4-5,8-14H2. The minimum atomic E-state index is 0.194. The number of ether oxygens (including phenoxy) is 1. The van der Waals surface area contributed by atoms with Gasteiger partial charge < -0.3 is 15.0 Å². The number of likely N-dealkylation sites (tertiary alicyclic amines) is 1. The molecule has 1 aromatic rings. The Morgan fingerprint density at radius 1 is 1.15 bits per heavy atom. The van der Waals surface area contributed by atoms with Crippen LogP contribution in [0.4, 0.5) is 0 Å². The Hall–Kier alpha value is -0.900. The average molecular weight is 274 g/mol. The molecule has 0 aromatic heterocycles. The third-order valence-electron chi connectivity index (χ3n) is 4.27. The Bertz CT molecular complexity index is 385. The molecule has 2 fully saturated rings. The maximum atomic E-state index is 6.16. The van der Waals surface area contributed by atoms with Crippen LogP contribution in [0.1, 0.15) is 37.4 Å². The summed E-state index contributed by atoms with van der Waals surface area (Å²) >= 11 is 0. The molecule has 3 rings (SSSR count). The highest BCUT2D eigenvalue weighted by atomic mass is 16.5. The van der Waals surface area contributed by atoms with Crippen molar-refractivity contribution in [1.82, 2.24) is 10.2 Å². The van der Waals surface area contributed by atoms with Gasteiger partial charge in [-0.05, 0) is 44.3 Å². The number of rotatable bonds is 8. The van der Waals surface area contributed by atoms with Gasteiger partial charge >= 0.3 is 0 Å². The van der Waals surface area contributed by atoms with E-state index >= 15 is 0 Å². The second-order valence-corrected chi connectivity index (χ2v) is 6.00. The molecule has 1 unspecified atom stereocenters. The van der Waals surface area contributed by atoms with E-state index in [4.69, 9.17) is 4.74 Å². The molecule has 0 amide bonds. The SMILES string of the molecule is c1ccc(C(CNC2CC2)OCCN2CCCC2)cc1. The van der Waals surface area contributed by atoms with Crippen molar-refractivity contribution in [2.45, 2.75) is 37.8 Å². The fourth-order valence-corrected chi connectivity index (χ4v) is 2.83. The molecule has 20 heavy (non-hydrogen) atoms. The van der Waals surface area contributed by atoms with E-state index in [9.17, 15) is 0 Å². The lowest BCUT2D eigenvalue weighted by Crippen LogP contribution is -2.29. The van der Waals surface area contributed by atoms with Gasteiger partial charge in [0.1, 0.15) is 0 Å². The molecule has 1 aliphatic heterocycles. The topological polar surface area (TPSA) is 24.5 Å². The van der Waals surface area contributed by atoms with Crippen molar-refractivity contribution in [2.24, 2.45) is 0 Å². The molecule has 0 radical (unpaired) electrons. The van der Waals surface area contributed by atoms with E-state index in [-0.39, 0.29) is 6.10 Å². The normalized spacial score (nSPS) is 21.2. The Morgan fingerprint density at radius 2 is 1.90 bits per heavy atom. The highest BCUT2D eigenvalue weighted by molar-refractivity contribution is 5.18. The van der Waals surface area contributed by atoms with Crippen molar-refractivity contribution in [1.29, 1.82) is 0 Å². The Labute approximate surface area is 122 Å². The molecule has 110 valence electrons. The van der Waals surface area contributed by atoms with E-state index in [1.165, 1.54) is 44.3 Å². The molecule has 0 spiro atoms. The molecule has 0 bridgehead atoms. The smallest absolute Gasteiger partial charge is 0.0949 e. The molecule has 1 saturated heterocycles. The number of hydrogen-bond acceptors (Lipinski definition) is 3. The first-order valence-corrected chi connectivity index (χ1v) is 8.04. The summed E-state index contributed by atoms with van der Waals surface area (Å²) in [7, 11) is 0. The largest absolute Gasteiger partial charge is 0.371 e. The fraction of sp³-hybridized carbons (Fsp3) is 0.647. The average Bonchev–Trinajstić information content (AvgIpc) is 3.18. The predicted molar refractivity (Wildman–Crippen MR) is 81.8 cm³/mol. The van der Waals surface area contributed by atoms with Crippen LogP contribution >= 0.6 is 0 Å². The van der Waals surface area contributed by atoms with Crippen LogP contribution in [-0.4, -0.2) is 43.7 Å². The molecule has 1 aliphatic carbocycles. The van der Waals surface area contributed by atoms with Crippen molar-refractivity contribution < 1.29 is 4.74 Å². The molecule has 3 heteroatoms. The number of hydrogen-bond donors (Lipinski definition) is 1. The third-order valence-corrected chi connectivity index (χ3v) is 4.27. The molecule has 1 atom stereocenters. The summed E-state index contributed by atoms with van der Waals surface area (Å²) in [6, 6.07) is 11.4. The van der Waals surface area contributed by atoms with Gasteiger partial charge in [-0.2, -0.15) is 0 Å². The van der Waals surface area contributed by atoms with Crippen LogP contribution in [0.2, 0.25) is 0 Å². The predicted octanol–water partition coefficient (Wildman–Crippen LogP) is 2.59. The van der Waals surface area contributed by atoms with E-state index in [1.54, 1.807) is 0 Å². The van der Waals surface area contributed by atoms with Crippen molar-refractivity contribution in [3.8, 4) is 0 Å². The van der Waals surface area contributed by atoms with E-state index in [0.29, 0.717) is 0 Å². The molecular formula is C17H26N2O. The minimum absolute atomic E-state index is 0.194. The van der Waals surface area contributed by atoms with Crippen molar-refractivity contribution in [2.75, 3.05) is 32.8 Å². The summed E-state index contributed by atoms with van der Waals surface area (Å²) < 4.78 is 6.16. The van der Waals surface area contributed by atoms with Crippen LogP contribution in [-0.2, 0) is 4.74 Å². The molecule has 1 aromatic carbocycles. The van der Waals surface area contributed by atoms with Crippen molar-refractivity contribution in [3.05, 3.63) is 35.9 Å². The quantitative estimate of drug-likeness (QED) is 0.788. The second-order valence-electron chi connectivity index (χ2n) is 6.00. The van der Waals surface area contributed by atoms with Crippen LogP contribution in [0, 0.1) is 0 Å². The number of nitrogens with one attached hydrogen (secondary N) is 1. The van der Waals surface area contributed by atoms with Crippen LogP contribution in [0.5, 0.6) is 0 Å². The highest BCUT2D eigenvalue weighted by Gasteiger charge is 2.23. The van der Waals surface area contributed by atoms with E-state index in [2.05, 4.69) is 40.5 Å². The third kappa shape index (κ3) is 4.30. The first kappa shape index (κ1) is 14.1. The Kier molecular flexibility index (Phi) is 5.06. The van der Waals surface area contributed by atoms with E-state index < -0.39 is 0 Å². The van der Waals surface area contributed by atoms with Gasteiger partial charge in [0.2, 0.25) is 0 Å². The lowest BCUT2D eigenvalue weighted by atomic mass is 10.1. The molecule has 3 nitrogen and oxygen atoms in total. The molecular weight excluding hydrogens is 248 g/mol. The zero-order valence-corrected chi connectivity index (χ0v) is 12.3. The van der Waals surface area contributed by atoms with Gasteiger partial charge in [0.05, 0.1) is 12.7 Å².